The lowest BCUT2D eigenvalue weighted by Gasteiger charge is -2.34. The zero-order chi connectivity index (χ0) is 10.8. The fourth-order valence-corrected chi connectivity index (χ4v) is 2.71. The Bertz CT molecular complexity index is 397. The summed E-state index contributed by atoms with van der Waals surface area (Å²) in [6, 6.07) is 8.81. The summed E-state index contributed by atoms with van der Waals surface area (Å²) in [4.78, 5) is 7.15. The van der Waals surface area contributed by atoms with Crippen molar-refractivity contribution in [1.29, 1.82) is 0 Å². The maximum absolute atomic E-state index is 4.63. The van der Waals surface area contributed by atoms with Gasteiger partial charge in [0.15, 0.2) is 0 Å². The fourth-order valence-electron chi connectivity index (χ4n) is 2.71. The SMILES string of the molecule is C1=NC(N2CCc3ccccc3C2)CCC1. The first kappa shape index (κ1) is 10.0. The van der Waals surface area contributed by atoms with Gasteiger partial charge in [0.1, 0.15) is 6.17 Å². The highest BCUT2D eigenvalue weighted by Crippen LogP contribution is 2.23. The Hall–Kier alpha value is -1.15. The molecule has 0 aliphatic carbocycles. The molecule has 84 valence electrons. The molecule has 0 spiro atoms. The minimum absolute atomic E-state index is 0.446. The Morgan fingerprint density at radius 1 is 1.19 bits per heavy atom. The molecule has 0 aromatic heterocycles. The van der Waals surface area contributed by atoms with Crippen LogP contribution in [0.5, 0.6) is 0 Å². The minimum Gasteiger partial charge on any atom is -0.279 e. The third-order valence-corrected chi connectivity index (χ3v) is 3.65. The molecule has 1 aromatic rings. The molecule has 0 bridgehead atoms. The van der Waals surface area contributed by atoms with E-state index in [0.29, 0.717) is 6.17 Å². The van der Waals surface area contributed by atoms with Gasteiger partial charge in [0.2, 0.25) is 0 Å². The van der Waals surface area contributed by atoms with Gasteiger partial charge in [-0.2, -0.15) is 0 Å². The molecule has 0 N–H and O–H groups in total. The van der Waals surface area contributed by atoms with Crippen molar-refractivity contribution in [3.8, 4) is 0 Å². The van der Waals surface area contributed by atoms with Gasteiger partial charge in [-0.05, 0) is 36.8 Å². The van der Waals surface area contributed by atoms with E-state index >= 15 is 0 Å². The molecule has 0 fully saturated rings. The second-order valence-electron chi connectivity index (χ2n) is 4.73. The van der Waals surface area contributed by atoms with E-state index in [1.54, 1.807) is 0 Å². The van der Waals surface area contributed by atoms with Crippen LogP contribution in [0.1, 0.15) is 30.4 Å². The largest absolute Gasteiger partial charge is 0.279 e. The molecule has 2 nitrogen and oxygen atoms in total. The highest BCUT2D eigenvalue weighted by atomic mass is 15.2. The van der Waals surface area contributed by atoms with Gasteiger partial charge in [-0.15, -0.1) is 0 Å². The van der Waals surface area contributed by atoms with Gasteiger partial charge >= 0.3 is 0 Å². The van der Waals surface area contributed by atoms with Crippen molar-refractivity contribution in [1.82, 2.24) is 4.90 Å². The normalized spacial score (nSPS) is 25.4. The van der Waals surface area contributed by atoms with Gasteiger partial charge in [-0.25, -0.2) is 0 Å². The predicted octanol–water partition coefficient (Wildman–Crippen LogP) is 2.63. The van der Waals surface area contributed by atoms with Crippen LogP contribution in [0.25, 0.3) is 0 Å². The summed E-state index contributed by atoms with van der Waals surface area (Å²) in [6.45, 7) is 2.25. The van der Waals surface area contributed by atoms with Crippen molar-refractivity contribution >= 4 is 6.21 Å². The van der Waals surface area contributed by atoms with Crippen molar-refractivity contribution in [2.24, 2.45) is 4.99 Å². The van der Waals surface area contributed by atoms with Crippen LogP contribution in [0.3, 0.4) is 0 Å². The van der Waals surface area contributed by atoms with Crippen molar-refractivity contribution < 1.29 is 0 Å². The summed E-state index contributed by atoms with van der Waals surface area (Å²) in [7, 11) is 0. The molecular weight excluding hydrogens is 196 g/mol. The van der Waals surface area contributed by atoms with Gasteiger partial charge in [0, 0.05) is 19.3 Å². The number of aliphatic imine (C=N–C) groups is 1. The third kappa shape index (κ3) is 1.90. The molecule has 0 saturated carbocycles. The van der Waals surface area contributed by atoms with Gasteiger partial charge in [0.25, 0.3) is 0 Å². The van der Waals surface area contributed by atoms with E-state index in [1.807, 2.05) is 0 Å². The lowest BCUT2D eigenvalue weighted by atomic mass is 9.98. The summed E-state index contributed by atoms with van der Waals surface area (Å²) in [5.74, 6) is 0. The van der Waals surface area contributed by atoms with E-state index < -0.39 is 0 Å². The Morgan fingerprint density at radius 2 is 2.06 bits per heavy atom. The molecule has 1 unspecified atom stereocenters. The average Bonchev–Trinajstić information content (AvgIpc) is 2.39. The van der Waals surface area contributed by atoms with E-state index in [2.05, 4.69) is 40.4 Å². The second-order valence-corrected chi connectivity index (χ2v) is 4.73. The first-order valence-corrected chi connectivity index (χ1v) is 6.26. The smallest absolute Gasteiger partial charge is 0.102 e. The van der Waals surface area contributed by atoms with Crippen molar-refractivity contribution in [2.75, 3.05) is 6.54 Å². The molecule has 2 heterocycles. The molecule has 0 radical (unpaired) electrons. The number of fused-ring (bicyclic) bond motifs is 1. The molecule has 0 saturated heterocycles. The molecule has 1 atom stereocenters. The average molecular weight is 214 g/mol. The van der Waals surface area contributed by atoms with Crippen molar-refractivity contribution in [3.05, 3.63) is 35.4 Å². The van der Waals surface area contributed by atoms with E-state index in [-0.39, 0.29) is 0 Å². The highest BCUT2D eigenvalue weighted by Gasteiger charge is 2.23. The van der Waals surface area contributed by atoms with Gasteiger partial charge in [-0.1, -0.05) is 24.3 Å². The van der Waals surface area contributed by atoms with E-state index in [9.17, 15) is 0 Å². The Labute approximate surface area is 97.0 Å². The topological polar surface area (TPSA) is 15.6 Å². The molecular formula is C14H18N2. The van der Waals surface area contributed by atoms with Crippen LogP contribution in [-0.4, -0.2) is 23.8 Å². The molecule has 3 rings (SSSR count). The lowest BCUT2D eigenvalue weighted by molar-refractivity contribution is 0.170. The predicted molar refractivity (Wildman–Crippen MR) is 66.7 cm³/mol. The lowest BCUT2D eigenvalue weighted by Crippen LogP contribution is -2.39. The quantitative estimate of drug-likeness (QED) is 0.701. The van der Waals surface area contributed by atoms with Crippen LogP contribution in [0.4, 0.5) is 0 Å². The Kier molecular flexibility index (Phi) is 2.75. The zero-order valence-corrected chi connectivity index (χ0v) is 9.60. The maximum atomic E-state index is 4.63. The third-order valence-electron chi connectivity index (χ3n) is 3.65. The molecule has 16 heavy (non-hydrogen) atoms. The van der Waals surface area contributed by atoms with Crippen molar-refractivity contribution in [3.63, 3.8) is 0 Å². The molecule has 1 aromatic carbocycles. The summed E-state index contributed by atoms with van der Waals surface area (Å²) < 4.78 is 0. The first-order chi connectivity index (χ1) is 7.93. The van der Waals surface area contributed by atoms with Gasteiger partial charge in [0.05, 0.1) is 0 Å². The van der Waals surface area contributed by atoms with Crippen LogP contribution < -0.4 is 0 Å². The number of hydrogen-bond donors (Lipinski definition) is 0. The van der Waals surface area contributed by atoms with Gasteiger partial charge in [-0.3, -0.25) is 9.89 Å². The van der Waals surface area contributed by atoms with Crippen LogP contribution in [0.15, 0.2) is 29.3 Å². The number of nitrogens with zero attached hydrogens (tertiary/aromatic N) is 2. The standard InChI is InChI=1S/C14H18N2/c1-2-6-13-11-16(10-8-12(13)5-1)14-7-3-4-9-15-14/h1-2,5-6,9,14H,3-4,7-8,10-11H2. The zero-order valence-electron chi connectivity index (χ0n) is 9.60. The highest BCUT2D eigenvalue weighted by molar-refractivity contribution is 5.58. The maximum Gasteiger partial charge on any atom is 0.102 e. The van der Waals surface area contributed by atoms with Crippen LogP contribution in [0, 0.1) is 0 Å². The van der Waals surface area contributed by atoms with E-state index in [1.165, 1.54) is 43.4 Å². The van der Waals surface area contributed by atoms with Crippen molar-refractivity contribution in [2.45, 2.75) is 38.4 Å². The van der Waals surface area contributed by atoms with Gasteiger partial charge < -0.3 is 0 Å². The first-order valence-electron chi connectivity index (χ1n) is 6.26. The molecule has 2 aliphatic rings. The van der Waals surface area contributed by atoms with Crippen LogP contribution in [0.2, 0.25) is 0 Å². The van der Waals surface area contributed by atoms with Crippen LogP contribution in [-0.2, 0) is 13.0 Å². The summed E-state index contributed by atoms with van der Waals surface area (Å²) in [5.41, 5.74) is 3.02. The molecule has 2 aliphatic heterocycles. The summed E-state index contributed by atoms with van der Waals surface area (Å²) in [5, 5.41) is 0. The van der Waals surface area contributed by atoms with Crippen LogP contribution >= 0.6 is 0 Å². The number of benzene rings is 1. The summed E-state index contributed by atoms with van der Waals surface area (Å²) in [6.07, 6.45) is 7.44. The van der Waals surface area contributed by atoms with E-state index in [0.717, 1.165) is 6.54 Å². The number of hydrogen-bond acceptors (Lipinski definition) is 2. The fraction of sp³-hybridized carbons (Fsp3) is 0.500. The minimum atomic E-state index is 0.446. The Balaban J connectivity index is 1.77. The van der Waals surface area contributed by atoms with E-state index in [4.69, 9.17) is 0 Å². The Morgan fingerprint density at radius 3 is 2.88 bits per heavy atom. The monoisotopic (exact) mass is 214 g/mol. The second kappa shape index (κ2) is 4.38. The molecule has 2 heteroatoms. The number of rotatable bonds is 1. The summed E-state index contributed by atoms with van der Waals surface area (Å²) >= 11 is 0. The molecule has 0 amide bonds.